The van der Waals surface area contributed by atoms with Crippen molar-refractivity contribution in [1.29, 1.82) is 0 Å². The van der Waals surface area contributed by atoms with Gasteiger partial charge in [0.25, 0.3) is 0 Å². The molecule has 1 atom stereocenters. The smallest absolute Gasteiger partial charge is 0.225 e. The predicted molar refractivity (Wildman–Crippen MR) is 197 cm³/mol. The van der Waals surface area contributed by atoms with Crippen molar-refractivity contribution in [3.05, 3.63) is 66.1 Å². The van der Waals surface area contributed by atoms with Crippen LogP contribution in [0.15, 0.2) is 60.0 Å². The monoisotopic (exact) mass is 691 g/mol. The van der Waals surface area contributed by atoms with Crippen molar-refractivity contribution >= 4 is 38.8 Å². The largest absolute Gasteiger partial charge is 0.438 e. The van der Waals surface area contributed by atoms with Gasteiger partial charge < -0.3 is 28.7 Å². The maximum absolute atomic E-state index is 6.51. The first-order chi connectivity index (χ1) is 22.5. The summed E-state index contributed by atoms with van der Waals surface area (Å²) in [6, 6.07) is 14.9. The maximum Gasteiger partial charge on any atom is 0.225 e. The van der Waals surface area contributed by atoms with Crippen molar-refractivity contribution < 1.29 is 18.9 Å². The third-order valence-electron chi connectivity index (χ3n) is 8.74. The highest BCUT2D eigenvalue weighted by Gasteiger charge is 2.48. The van der Waals surface area contributed by atoms with Gasteiger partial charge in [-0.3, -0.25) is 4.98 Å². The lowest BCUT2D eigenvalue weighted by molar-refractivity contribution is 0.00172. The minimum atomic E-state index is -1.22. The van der Waals surface area contributed by atoms with Crippen molar-refractivity contribution in [3.8, 4) is 22.8 Å². The van der Waals surface area contributed by atoms with Crippen molar-refractivity contribution in [2.75, 3.05) is 63.6 Å². The van der Waals surface area contributed by atoms with Crippen LogP contribution in [-0.2, 0) is 19.7 Å². The average Bonchev–Trinajstić information content (AvgIpc) is 3.49. The zero-order chi connectivity index (χ0) is 33.1. The van der Waals surface area contributed by atoms with Crippen LogP contribution in [0.3, 0.4) is 0 Å². The number of rotatable bonds is 12. The predicted octanol–water partition coefficient (Wildman–Crippen LogP) is 7.36. The van der Waals surface area contributed by atoms with Gasteiger partial charge in [-0.15, -0.1) is 0 Å². The quantitative estimate of drug-likeness (QED) is 0.110. The minimum Gasteiger partial charge on any atom is -0.438 e. The van der Waals surface area contributed by atoms with Gasteiger partial charge in [0.1, 0.15) is 24.8 Å². The van der Waals surface area contributed by atoms with E-state index in [2.05, 4.69) is 84.4 Å². The molecule has 0 aliphatic carbocycles. The standard InChI is InChI=1S/C35H49N5O4SSi2/c1-46(2,3)18-16-42-25-40(26-43-17-19-47(4,5)6)34-38-35(24-45-34)30-20-27(28-8-7-11-36-22-28)9-10-32(30)44-33-31(35)21-29(23-37-33)39-12-14-41-15-13-39/h7-11,20-23H,12-19,24-26H2,1-6H3. The van der Waals surface area contributed by atoms with E-state index in [1.807, 2.05) is 18.5 Å². The van der Waals surface area contributed by atoms with Gasteiger partial charge in [-0.1, -0.05) is 63.2 Å². The number of thioether (sulfide) groups is 1. The van der Waals surface area contributed by atoms with Crippen molar-refractivity contribution in [2.24, 2.45) is 4.99 Å². The highest BCUT2D eigenvalue weighted by molar-refractivity contribution is 8.14. The topological polar surface area (TPSA) is 81.5 Å². The first-order valence-electron chi connectivity index (χ1n) is 16.7. The SMILES string of the molecule is C[Si](C)(C)CCOCN(COCC[Si](C)(C)C)C1=NC2(CS1)c1cc(-c3cccnc3)ccc1Oc1ncc(N3CCOCC3)cc12. The van der Waals surface area contributed by atoms with Gasteiger partial charge in [-0.2, -0.15) is 0 Å². The molecule has 47 heavy (non-hydrogen) atoms. The average molecular weight is 692 g/mol. The van der Waals surface area contributed by atoms with Crippen molar-refractivity contribution in [2.45, 2.75) is 56.9 Å². The molecule has 2 aromatic heterocycles. The molecule has 6 rings (SSSR count). The molecule has 252 valence electrons. The van der Waals surface area contributed by atoms with E-state index in [-0.39, 0.29) is 0 Å². The molecule has 1 unspecified atom stereocenters. The van der Waals surface area contributed by atoms with E-state index in [1.54, 1.807) is 18.0 Å². The lowest BCUT2D eigenvalue weighted by Crippen LogP contribution is -2.37. The van der Waals surface area contributed by atoms with Crippen LogP contribution in [-0.4, -0.2) is 94.9 Å². The van der Waals surface area contributed by atoms with Gasteiger partial charge in [0.15, 0.2) is 5.17 Å². The molecule has 3 aromatic rings. The number of fused-ring (bicyclic) bond motifs is 4. The molecule has 3 aliphatic rings. The molecule has 1 fully saturated rings. The molecule has 0 radical (unpaired) electrons. The summed E-state index contributed by atoms with van der Waals surface area (Å²) in [7, 11) is -2.44. The molecule has 0 bridgehead atoms. The van der Waals surface area contributed by atoms with E-state index >= 15 is 0 Å². The second kappa shape index (κ2) is 14.4. The Hall–Kier alpha value is -2.75. The highest BCUT2D eigenvalue weighted by Crippen LogP contribution is 2.54. The van der Waals surface area contributed by atoms with E-state index in [1.165, 1.54) is 0 Å². The van der Waals surface area contributed by atoms with Crippen LogP contribution in [0.1, 0.15) is 11.1 Å². The second-order valence-corrected chi connectivity index (χ2v) is 27.2. The van der Waals surface area contributed by atoms with Crippen molar-refractivity contribution in [1.82, 2.24) is 14.9 Å². The van der Waals surface area contributed by atoms with Crippen LogP contribution in [0.4, 0.5) is 5.69 Å². The Morgan fingerprint density at radius 1 is 0.894 bits per heavy atom. The number of hydrogen-bond acceptors (Lipinski definition) is 10. The summed E-state index contributed by atoms with van der Waals surface area (Å²) in [6.45, 7) is 19.7. The summed E-state index contributed by atoms with van der Waals surface area (Å²) < 4.78 is 24.8. The number of benzene rings is 1. The fourth-order valence-electron chi connectivity index (χ4n) is 5.81. The summed E-state index contributed by atoms with van der Waals surface area (Å²) >= 11 is 1.76. The lowest BCUT2D eigenvalue weighted by atomic mass is 9.82. The molecular weight excluding hydrogens is 643 g/mol. The number of amidine groups is 1. The molecule has 3 aliphatic heterocycles. The number of morpholine rings is 1. The van der Waals surface area contributed by atoms with Crippen LogP contribution < -0.4 is 9.64 Å². The van der Waals surface area contributed by atoms with Crippen LogP contribution >= 0.6 is 11.8 Å². The molecule has 5 heterocycles. The highest BCUT2D eigenvalue weighted by atomic mass is 32.2. The van der Waals surface area contributed by atoms with E-state index in [0.29, 0.717) is 32.6 Å². The number of anilines is 1. The summed E-state index contributed by atoms with van der Waals surface area (Å²) in [5.74, 6) is 2.11. The summed E-state index contributed by atoms with van der Waals surface area (Å²) in [5.41, 5.74) is 4.53. The Balaban J connectivity index is 1.38. The Morgan fingerprint density at radius 2 is 1.62 bits per heavy atom. The van der Waals surface area contributed by atoms with Gasteiger partial charge in [-0.05, 0) is 41.9 Å². The number of ether oxygens (including phenoxy) is 4. The molecule has 0 saturated carbocycles. The molecule has 0 amide bonds. The fraction of sp³-hybridized carbons (Fsp3) is 0.514. The van der Waals surface area contributed by atoms with Crippen molar-refractivity contribution in [3.63, 3.8) is 0 Å². The Morgan fingerprint density at radius 3 is 2.28 bits per heavy atom. The zero-order valence-corrected chi connectivity index (χ0v) is 31.6. The molecular formula is C35H49N5O4SSi2. The van der Waals surface area contributed by atoms with E-state index in [9.17, 15) is 0 Å². The van der Waals surface area contributed by atoms with Crippen LogP contribution in [0.5, 0.6) is 11.6 Å². The first-order valence-corrected chi connectivity index (χ1v) is 25.1. The number of aliphatic imine (C=N–C) groups is 1. The second-order valence-electron chi connectivity index (χ2n) is 15.0. The Kier molecular flexibility index (Phi) is 10.4. The molecule has 1 spiro atoms. The normalized spacial score (nSPS) is 19.3. The van der Waals surface area contributed by atoms with Crippen LogP contribution in [0, 0.1) is 0 Å². The summed E-state index contributed by atoms with van der Waals surface area (Å²) in [5, 5.41) is 0.924. The third kappa shape index (κ3) is 8.29. The van der Waals surface area contributed by atoms with E-state index in [4.69, 9.17) is 28.9 Å². The minimum absolute atomic E-state index is 0.442. The molecule has 12 heteroatoms. The zero-order valence-electron chi connectivity index (χ0n) is 28.8. The van der Waals surface area contributed by atoms with E-state index in [0.717, 1.165) is 83.0 Å². The Labute approximate surface area is 286 Å². The number of aromatic nitrogens is 2. The van der Waals surface area contributed by atoms with Gasteiger partial charge in [0.2, 0.25) is 5.88 Å². The fourth-order valence-corrected chi connectivity index (χ4v) is 8.54. The summed E-state index contributed by atoms with van der Waals surface area (Å²) in [4.78, 5) is 19.4. The Bertz CT molecular complexity index is 1540. The summed E-state index contributed by atoms with van der Waals surface area (Å²) in [6.07, 6.45) is 5.63. The molecule has 0 N–H and O–H groups in total. The first kappa shape index (κ1) is 34.1. The van der Waals surface area contributed by atoms with Gasteiger partial charge in [0.05, 0.1) is 25.1 Å². The number of pyridine rings is 2. The third-order valence-corrected chi connectivity index (χ3v) is 13.3. The molecule has 1 aromatic carbocycles. The molecule has 1 saturated heterocycles. The van der Waals surface area contributed by atoms with Gasteiger partial charge in [0, 0.05) is 77.3 Å². The van der Waals surface area contributed by atoms with E-state index < -0.39 is 21.7 Å². The molecule has 9 nitrogen and oxygen atoms in total. The van der Waals surface area contributed by atoms with Gasteiger partial charge >= 0.3 is 0 Å². The van der Waals surface area contributed by atoms with Crippen LogP contribution in [0.25, 0.3) is 11.1 Å². The van der Waals surface area contributed by atoms with Gasteiger partial charge in [-0.25, -0.2) is 9.98 Å². The lowest BCUT2D eigenvalue weighted by Gasteiger charge is -2.36. The number of hydrogen-bond donors (Lipinski definition) is 0. The number of nitrogens with zero attached hydrogens (tertiary/aromatic N) is 5. The van der Waals surface area contributed by atoms with Crippen LogP contribution in [0.2, 0.25) is 51.4 Å². The maximum atomic E-state index is 6.51.